The van der Waals surface area contributed by atoms with Crippen molar-refractivity contribution in [2.24, 2.45) is 16.6 Å². The molecule has 2 aromatic rings. The minimum atomic E-state index is -4.85. The number of aromatic hydroxyl groups is 1. The SMILES string of the molecule is C#Cc1ccc(O)c(/C=N/NC(=O)c2ccc(C(N)(N)C(F)(F)F)cc2)c1. The number of carbonyl (C=O) groups is 1. The molecule has 6 nitrogen and oxygen atoms in total. The van der Waals surface area contributed by atoms with E-state index in [0.29, 0.717) is 5.56 Å². The highest BCUT2D eigenvalue weighted by atomic mass is 19.4. The number of nitrogens with one attached hydrogen (secondary N) is 1. The zero-order valence-electron chi connectivity index (χ0n) is 13.8. The van der Waals surface area contributed by atoms with Gasteiger partial charge < -0.3 is 16.6 Å². The molecule has 0 aliphatic rings. The molecule has 0 heterocycles. The number of halogens is 3. The fraction of sp³-hybridized carbons (Fsp3) is 0.111. The van der Waals surface area contributed by atoms with E-state index in [2.05, 4.69) is 16.4 Å². The van der Waals surface area contributed by atoms with Gasteiger partial charge in [-0.15, -0.1) is 6.42 Å². The van der Waals surface area contributed by atoms with Crippen LogP contribution in [0.15, 0.2) is 47.6 Å². The number of nitrogens with two attached hydrogens (primary N) is 2. The molecule has 0 fully saturated rings. The molecule has 0 unspecified atom stereocenters. The minimum absolute atomic E-state index is 0.0375. The Morgan fingerprint density at radius 1 is 1.19 bits per heavy atom. The van der Waals surface area contributed by atoms with E-state index in [9.17, 15) is 23.1 Å². The molecule has 1 amide bonds. The van der Waals surface area contributed by atoms with Crippen molar-refractivity contribution in [3.8, 4) is 18.1 Å². The second-order valence-corrected chi connectivity index (χ2v) is 5.56. The number of terminal acetylenes is 1. The number of amides is 1. The summed E-state index contributed by atoms with van der Waals surface area (Å²) in [6.45, 7) is 0. The molecule has 0 atom stereocenters. The molecule has 0 spiro atoms. The number of hydrogen-bond donors (Lipinski definition) is 4. The van der Waals surface area contributed by atoms with Gasteiger partial charge >= 0.3 is 6.18 Å². The third-order valence-electron chi connectivity index (χ3n) is 3.66. The Hall–Kier alpha value is -3.35. The maximum absolute atomic E-state index is 12.8. The first-order valence-corrected chi connectivity index (χ1v) is 7.44. The smallest absolute Gasteiger partial charge is 0.423 e. The fourth-order valence-electron chi connectivity index (χ4n) is 2.03. The van der Waals surface area contributed by atoms with Gasteiger partial charge in [0.05, 0.1) is 6.21 Å². The summed E-state index contributed by atoms with van der Waals surface area (Å²) in [5, 5.41) is 13.4. The van der Waals surface area contributed by atoms with Crippen molar-refractivity contribution in [3.63, 3.8) is 0 Å². The summed E-state index contributed by atoms with van der Waals surface area (Å²) in [5.41, 5.74) is 9.81. The lowest BCUT2D eigenvalue weighted by atomic mass is 9.99. The number of nitrogens with zero attached hydrogens (tertiary/aromatic N) is 1. The molecule has 2 rings (SSSR count). The molecule has 6 N–H and O–H groups in total. The highest BCUT2D eigenvalue weighted by Crippen LogP contribution is 2.32. The average molecular weight is 376 g/mol. The Labute approximate surface area is 152 Å². The summed E-state index contributed by atoms with van der Waals surface area (Å²) in [6, 6.07) is 8.68. The van der Waals surface area contributed by atoms with E-state index in [1.165, 1.54) is 24.4 Å². The van der Waals surface area contributed by atoms with Crippen LogP contribution in [0, 0.1) is 12.3 Å². The van der Waals surface area contributed by atoms with Crippen LogP contribution < -0.4 is 16.9 Å². The minimum Gasteiger partial charge on any atom is -0.507 e. The first kappa shape index (κ1) is 20.0. The van der Waals surface area contributed by atoms with Crippen LogP contribution in [-0.4, -0.2) is 23.4 Å². The van der Waals surface area contributed by atoms with Crippen molar-refractivity contribution < 1.29 is 23.1 Å². The molecule has 0 aliphatic heterocycles. The van der Waals surface area contributed by atoms with Crippen LogP contribution >= 0.6 is 0 Å². The Morgan fingerprint density at radius 2 is 1.81 bits per heavy atom. The number of alkyl halides is 3. The summed E-state index contributed by atoms with van der Waals surface area (Å²) < 4.78 is 38.4. The zero-order chi connectivity index (χ0) is 20.2. The number of phenols is 1. The molecule has 140 valence electrons. The summed E-state index contributed by atoms with van der Waals surface area (Å²) in [6.07, 6.45) is 1.58. The summed E-state index contributed by atoms with van der Waals surface area (Å²) in [4.78, 5) is 12.0. The summed E-state index contributed by atoms with van der Waals surface area (Å²) in [5.74, 6) is 1.61. The second-order valence-electron chi connectivity index (χ2n) is 5.56. The molecule has 0 aromatic heterocycles. The molecule has 0 bridgehead atoms. The number of hydrazone groups is 1. The van der Waals surface area contributed by atoms with E-state index in [1.54, 1.807) is 0 Å². The van der Waals surface area contributed by atoms with E-state index in [-0.39, 0.29) is 16.9 Å². The lowest BCUT2D eigenvalue weighted by Gasteiger charge is -2.27. The molecule has 27 heavy (non-hydrogen) atoms. The van der Waals surface area contributed by atoms with Gasteiger partial charge in [0.15, 0.2) is 5.66 Å². The van der Waals surface area contributed by atoms with Gasteiger partial charge in [-0.3, -0.25) is 4.79 Å². The Balaban J connectivity index is 2.10. The largest absolute Gasteiger partial charge is 0.507 e. The van der Waals surface area contributed by atoms with E-state index < -0.39 is 23.3 Å². The number of hydrogen-bond acceptors (Lipinski definition) is 5. The highest BCUT2D eigenvalue weighted by molar-refractivity contribution is 5.95. The van der Waals surface area contributed by atoms with Crippen molar-refractivity contribution in [1.29, 1.82) is 0 Å². The average Bonchev–Trinajstić information content (AvgIpc) is 2.62. The monoisotopic (exact) mass is 376 g/mol. The standard InChI is InChI=1S/C18H15F3N4O2/c1-2-11-3-8-15(26)13(9-11)10-24-25-16(27)12-4-6-14(7-5-12)17(22,23)18(19,20)21/h1,3-10,26H,22-23H2,(H,25,27)/b24-10+. The number of carbonyl (C=O) groups excluding carboxylic acids is 1. The van der Waals surface area contributed by atoms with Crippen LogP contribution in [0.1, 0.15) is 27.0 Å². The summed E-state index contributed by atoms with van der Waals surface area (Å²) >= 11 is 0. The predicted octanol–water partition coefficient (Wildman–Crippen LogP) is 1.77. The normalized spacial score (nSPS) is 12.0. The zero-order valence-corrected chi connectivity index (χ0v) is 13.8. The first-order chi connectivity index (χ1) is 12.6. The van der Waals surface area contributed by atoms with Gasteiger partial charge in [-0.2, -0.15) is 18.3 Å². The molecule has 0 saturated carbocycles. The quantitative estimate of drug-likeness (QED) is 0.282. The maximum Gasteiger partial charge on any atom is 0.423 e. The van der Waals surface area contributed by atoms with Crippen molar-refractivity contribution in [2.45, 2.75) is 11.8 Å². The Bertz CT molecular complexity index is 914. The number of rotatable bonds is 4. The molecule has 0 saturated heterocycles. The maximum atomic E-state index is 12.8. The lowest BCUT2D eigenvalue weighted by Crippen LogP contribution is -2.57. The van der Waals surface area contributed by atoms with Gasteiger partial charge in [0.1, 0.15) is 5.75 Å². The number of phenolic OH excluding ortho intramolecular Hbond substituents is 1. The second kappa shape index (κ2) is 7.49. The number of benzene rings is 2. The molecule has 0 aliphatic carbocycles. The topological polar surface area (TPSA) is 114 Å². The lowest BCUT2D eigenvalue weighted by molar-refractivity contribution is -0.188. The van der Waals surface area contributed by atoms with Gasteiger partial charge in [0.2, 0.25) is 0 Å². The van der Waals surface area contributed by atoms with E-state index in [0.717, 1.165) is 24.3 Å². The Morgan fingerprint density at radius 3 is 2.37 bits per heavy atom. The third kappa shape index (κ3) is 4.44. The molecule has 0 radical (unpaired) electrons. The van der Waals surface area contributed by atoms with Crippen LogP contribution in [0.3, 0.4) is 0 Å². The van der Waals surface area contributed by atoms with Crippen LogP contribution in [0.25, 0.3) is 0 Å². The summed E-state index contributed by atoms with van der Waals surface area (Å²) in [7, 11) is 0. The van der Waals surface area contributed by atoms with E-state index >= 15 is 0 Å². The van der Waals surface area contributed by atoms with Gasteiger partial charge in [-0.05, 0) is 35.9 Å². The highest BCUT2D eigenvalue weighted by Gasteiger charge is 2.50. The first-order valence-electron chi connectivity index (χ1n) is 7.44. The van der Waals surface area contributed by atoms with Gasteiger partial charge in [0, 0.05) is 16.7 Å². The predicted molar refractivity (Wildman–Crippen MR) is 93.7 cm³/mol. The van der Waals surface area contributed by atoms with Crippen molar-refractivity contribution in [3.05, 3.63) is 64.7 Å². The molecular formula is C18H15F3N4O2. The van der Waals surface area contributed by atoms with Gasteiger partial charge in [-0.25, -0.2) is 5.43 Å². The van der Waals surface area contributed by atoms with E-state index in [4.69, 9.17) is 17.9 Å². The van der Waals surface area contributed by atoms with Crippen molar-refractivity contribution in [2.75, 3.05) is 0 Å². The van der Waals surface area contributed by atoms with Gasteiger partial charge in [-0.1, -0.05) is 18.1 Å². The van der Waals surface area contributed by atoms with E-state index in [1.807, 2.05) is 0 Å². The molecule has 9 heteroatoms. The van der Waals surface area contributed by atoms with Crippen LogP contribution in [-0.2, 0) is 5.66 Å². The van der Waals surface area contributed by atoms with Crippen LogP contribution in [0.2, 0.25) is 0 Å². The third-order valence-corrected chi connectivity index (χ3v) is 3.66. The molecular weight excluding hydrogens is 361 g/mol. The van der Waals surface area contributed by atoms with Gasteiger partial charge in [0.25, 0.3) is 5.91 Å². The molecule has 2 aromatic carbocycles. The van der Waals surface area contributed by atoms with Crippen molar-refractivity contribution in [1.82, 2.24) is 5.43 Å². The Kier molecular flexibility index (Phi) is 5.54. The van der Waals surface area contributed by atoms with Crippen LogP contribution in [0.5, 0.6) is 5.75 Å². The fourth-order valence-corrected chi connectivity index (χ4v) is 2.03. The van der Waals surface area contributed by atoms with Crippen molar-refractivity contribution >= 4 is 12.1 Å². The van der Waals surface area contributed by atoms with Crippen LogP contribution in [0.4, 0.5) is 13.2 Å².